The van der Waals surface area contributed by atoms with Crippen molar-refractivity contribution in [3.8, 4) is 5.69 Å². The van der Waals surface area contributed by atoms with Gasteiger partial charge >= 0.3 is 0 Å². The van der Waals surface area contributed by atoms with Gasteiger partial charge in [0.2, 0.25) is 0 Å². The molecule has 1 aromatic carbocycles. The van der Waals surface area contributed by atoms with Crippen LogP contribution in [0, 0.1) is 13.8 Å². The molecule has 5 nitrogen and oxygen atoms in total. The number of aromatic nitrogens is 2. The molecule has 3 aromatic rings. The van der Waals surface area contributed by atoms with Crippen molar-refractivity contribution in [1.29, 1.82) is 0 Å². The lowest BCUT2D eigenvalue weighted by Gasteiger charge is -2.29. The molecule has 168 valence electrons. The molecule has 1 aliphatic heterocycles. The maximum absolute atomic E-state index is 5.81. The SMILES string of the molecule is CCc1ccc(-n2c(C)cc([C@H]3[C@H](c4ccccn4)NC(=S)N3CCN(C)C)c2C)cc1. The Labute approximate surface area is 197 Å². The highest BCUT2D eigenvalue weighted by Crippen LogP contribution is 2.41. The molecular weight excluding hydrogens is 414 g/mol. The lowest BCUT2D eigenvalue weighted by Crippen LogP contribution is -2.35. The van der Waals surface area contributed by atoms with Crippen molar-refractivity contribution in [3.05, 3.63) is 82.9 Å². The maximum atomic E-state index is 5.81. The molecule has 1 saturated heterocycles. The number of benzene rings is 1. The molecule has 2 atom stereocenters. The van der Waals surface area contributed by atoms with Crippen LogP contribution in [-0.2, 0) is 6.42 Å². The molecule has 0 unspecified atom stereocenters. The molecule has 1 N–H and O–H groups in total. The zero-order chi connectivity index (χ0) is 22.8. The number of aryl methyl sites for hydroxylation is 2. The number of likely N-dealkylation sites (N-methyl/N-ethyl adjacent to an activating group) is 1. The first-order valence-corrected chi connectivity index (χ1v) is 11.7. The van der Waals surface area contributed by atoms with Gasteiger partial charge in [-0.15, -0.1) is 0 Å². The van der Waals surface area contributed by atoms with E-state index < -0.39 is 0 Å². The highest BCUT2D eigenvalue weighted by molar-refractivity contribution is 7.80. The molecular formula is C26H33N5S. The van der Waals surface area contributed by atoms with Gasteiger partial charge in [0.1, 0.15) is 0 Å². The highest BCUT2D eigenvalue weighted by Gasteiger charge is 2.41. The number of hydrogen-bond donors (Lipinski definition) is 1. The summed E-state index contributed by atoms with van der Waals surface area (Å²) in [7, 11) is 4.20. The first kappa shape index (κ1) is 22.5. The van der Waals surface area contributed by atoms with E-state index >= 15 is 0 Å². The Balaban J connectivity index is 1.78. The van der Waals surface area contributed by atoms with E-state index in [9.17, 15) is 0 Å². The Morgan fingerprint density at radius 2 is 1.84 bits per heavy atom. The summed E-state index contributed by atoms with van der Waals surface area (Å²) in [5.74, 6) is 0. The number of pyridine rings is 1. The van der Waals surface area contributed by atoms with Crippen LogP contribution >= 0.6 is 12.2 Å². The van der Waals surface area contributed by atoms with E-state index in [0.717, 1.165) is 30.3 Å². The molecule has 1 fully saturated rings. The smallest absolute Gasteiger partial charge is 0.170 e. The Morgan fingerprint density at radius 3 is 2.47 bits per heavy atom. The second kappa shape index (κ2) is 9.43. The summed E-state index contributed by atoms with van der Waals surface area (Å²) in [4.78, 5) is 9.21. The van der Waals surface area contributed by atoms with Crippen LogP contribution in [0.2, 0.25) is 0 Å². The molecule has 4 rings (SSSR count). The lowest BCUT2D eigenvalue weighted by atomic mass is 9.96. The summed E-state index contributed by atoms with van der Waals surface area (Å²) < 4.78 is 2.36. The third-order valence-corrected chi connectivity index (χ3v) is 6.73. The fourth-order valence-corrected chi connectivity index (χ4v) is 4.99. The molecule has 0 amide bonds. The average molecular weight is 448 g/mol. The van der Waals surface area contributed by atoms with Gasteiger partial charge in [-0.1, -0.05) is 25.1 Å². The molecule has 0 aliphatic carbocycles. The molecule has 6 heteroatoms. The number of nitrogens with zero attached hydrogens (tertiary/aromatic N) is 4. The van der Waals surface area contributed by atoms with Gasteiger partial charge in [0.05, 0.1) is 17.8 Å². The van der Waals surface area contributed by atoms with Crippen LogP contribution in [0.3, 0.4) is 0 Å². The van der Waals surface area contributed by atoms with E-state index in [0.29, 0.717) is 0 Å². The Hall–Kier alpha value is -2.70. The van der Waals surface area contributed by atoms with Crippen molar-refractivity contribution in [2.24, 2.45) is 0 Å². The van der Waals surface area contributed by atoms with Crippen LogP contribution in [-0.4, -0.2) is 51.6 Å². The predicted molar refractivity (Wildman–Crippen MR) is 135 cm³/mol. The number of thiocarbonyl (C=S) groups is 1. The summed E-state index contributed by atoms with van der Waals surface area (Å²) in [6, 6.07) is 17.4. The Bertz CT molecular complexity index is 1070. The summed E-state index contributed by atoms with van der Waals surface area (Å²) in [5.41, 5.74) is 7.34. The third-order valence-electron chi connectivity index (χ3n) is 6.38. The van der Waals surface area contributed by atoms with Crippen LogP contribution in [0.5, 0.6) is 0 Å². The molecule has 0 saturated carbocycles. The molecule has 3 heterocycles. The van der Waals surface area contributed by atoms with Crippen molar-refractivity contribution in [2.75, 3.05) is 27.2 Å². The van der Waals surface area contributed by atoms with E-state index in [2.05, 4.69) is 95.9 Å². The second-order valence-corrected chi connectivity index (χ2v) is 9.19. The molecule has 0 radical (unpaired) electrons. The van der Waals surface area contributed by atoms with Crippen LogP contribution < -0.4 is 5.32 Å². The molecule has 2 aromatic heterocycles. The van der Waals surface area contributed by atoms with Gasteiger partial charge in [0, 0.05) is 36.4 Å². The summed E-state index contributed by atoms with van der Waals surface area (Å²) >= 11 is 5.81. The molecule has 0 spiro atoms. The van der Waals surface area contributed by atoms with Crippen molar-refractivity contribution in [2.45, 2.75) is 39.3 Å². The normalized spacial score (nSPS) is 18.4. The summed E-state index contributed by atoms with van der Waals surface area (Å²) in [6.45, 7) is 8.39. The minimum Gasteiger partial charge on any atom is -0.352 e. The molecule has 1 aliphatic rings. The van der Waals surface area contributed by atoms with Crippen molar-refractivity contribution < 1.29 is 0 Å². The Morgan fingerprint density at radius 1 is 1.09 bits per heavy atom. The quantitative estimate of drug-likeness (QED) is 0.536. The van der Waals surface area contributed by atoms with Gasteiger partial charge in [0.15, 0.2) is 5.11 Å². The van der Waals surface area contributed by atoms with Crippen LogP contribution in [0.25, 0.3) is 5.69 Å². The van der Waals surface area contributed by atoms with Gasteiger partial charge in [-0.05, 0) is 88.0 Å². The zero-order valence-corrected chi connectivity index (χ0v) is 20.5. The van der Waals surface area contributed by atoms with E-state index in [1.165, 1.54) is 28.2 Å². The summed E-state index contributed by atoms with van der Waals surface area (Å²) in [6.07, 6.45) is 2.91. The fourth-order valence-electron chi connectivity index (χ4n) is 4.66. The minimum atomic E-state index is 0.0160. The molecule has 32 heavy (non-hydrogen) atoms. The van der Waals surface area contributed by atoms with Crippen LogP contribution in [0.4, 0.5) is 0 Å². The van der Waals surface area contributed by atoms with Gasteiger partial charge in [0.25, 0.3) is 0 Å². The van der Waals surface area contributed by atoms with E-state index in [-0.39, 0.29) is 12.1 Å². The van der Waals surface area contributed by atoms with E-state index in [1.54, 1.807) is 0 Å². The standard InChI is InChI=1S/C26H33N5S/c1-6-20-10-12-21(13-11-20)31-18(2)17-22(19(31)3)25-24(23-9-7-8-14-27-23)28-26(32)30(25)16-15-29(4)5/h7-14,17,24-25H,6,15-16H2,1-5H3,(H,28,32)/t24-,25-/m0/s1. The third kappa shape index (κ3) is 4.30. The van der Waals surface area contributed by atoms with Gasteiger partial charge in [-0.25, -0.2) is 0 Å². The maximum Gasteiger partial charge on any atom is 0.170 e. The Kier molecular flexibility index (Phi) is 6.63. The molecule has 0 bridgehead atoms. The van der Waals surface area contributed by atoms with Crippen molar-refractivity contribution in [1.82, 2.24) is 24.7 Å². The lowest BCUT2D eigenvalue weighted by molar-refractivity contribution is 0.277. The van der Waals surface area contributed by atoms with Gasteiger partial charge in [-0.2, -0.15) is 0 Å². The van der Waals surface area contributed by atoms with E-state index in [1.807, 2.05) is 18.3 Å². The van der Waals surface area contributed by atoms with Crippen LogP contribution in [0.15, 0.2) is 54.7 Å². The van der Waals surface area contributed by atoms with Crippen LogP contribution in [0.1, 0.15) is 47.2 Å². The number of nitrogens with one attached hydrogen (secondary N) is 1. The first-order chi connectivity index (χ1) is 15.4. The predicted octanol–water partition coefficient (Wildman–Crippen LogP) is 4.59. The highest BCUT2D eigenvalue weighted by atomic mass is 32.1. The van der Waals surface area contributed by atoms with Crippen molar-refractivity contribution in [3.63, 3.8) is 0 Å². The van der Waals surface area contributed by atoms with Crippen molar-refractivity contribution >= 4 is 17.3 Å². The largest absolute Gasteiger partial charge is 0.352 e. The zero-order valence-electron chi connectivity index (χ0n) is 19.7. The number of hydrogen-bond acceptors (Lipinski definition) is 3. The fraction of sp³-hybridized carbons (Fsp3) is 0.385. The van der Waals surface area contributed by atoms with Gasteiger partial charge in [-0.3, -0.25) is 4.98 Å². The monoisotopic (exact) mass is 447 g/mol. The summed E-state index contributed by atoms with van der Waals surface area (Å²) in [5, 5.41) is 4.37. The first-order valence-electron chi connectivity index (χ1n) is 11.3. The number of rotatable bonds is 7. The van der Waals surface area contributed by atoms with Gasteiger partial charge < -0.3 is 19.7 Å². The average Bonchev–Trinajstić information content (AvgIpc) is 3.27. The minimum absolute atomic E-state index is 0.0160. The van der Waals surface area contributed by atoms with E-state index in [4.69, 9.17) is 12.2 Å². The topological polar surface area (TPSA) is 36.3 Å². The second-order valence-electron chi connectivity index (χ2n) is 8.81.